The third-order valence-electron chi connectivity index (χ3n) is 2.97. The molecule has 2 rings (SSSR count). The van der Waals surface area contributed by atoms with Gasteiger partial charge in [0.25, 0.3) is 0 Å². The van der Waals surface area contributed by atoms with E-state index < -0.39 is 11.6 Å². The number of benzene rings is 1. The Morgan fingerprint density at radius 2 is 2.07 bits per heavy atom. The monoisotopic (exact) mass is 197 g/mol. The molecule has 1 heterocycles. The van der Waals surface area contributed by atoms with Crippen LogP contribution in [0.25, 0.3) is 0 Å². The van der Waals surface area contributed by atoms with Gasteiger partial charge in [0, 0.05) is 24.1 Å². The smallest absolute Gasteiger partial charge is 0.129 e. The lowest BCUT2D eigenvalue weighted by atomic mass is 9.75. The molecule has 0 amide bonds. The molecule has 1 atom stereocenters. The third kappa shape index (κ3) is 1.42. The molecule has 0 radical (unpaired) electrons. The molecule has 0 saturated carbocycles. The summed E-state index contributed by atoms with van der Waals surface area (Å²) in [6.45, 7) is 4.80. The van der Waals surface area contributed by atoms with Crippen LogP contribution in [0.5, 0.6) is 0 Å². The topological polar surface area (TPSA) is 12.0 Å². The average molecular weight is 197 g/mol. The highest BCUT2D eigenvalue weighted by Crippen LogP contribution is 2.36. The molecule has 0 aliphatic carbocycles. The zero-order chi connectivity index (χ0) is 10.3. The number of halogens is 2. The minimum Gasteiger partial charge on any atom is -0.310 e. The molecule has 1 N–H and O–H groups in total. The minimum absolute atomic E-state index is 0.0847. The van der Waals surface area contributed by atoms with Crippen LogP contribution in [-0.2, 0) is 0 Å². The normalized spacial score (nSPS) is 24.4. The first-order chi connectivity index (χ1) is 6.50. The molecule has 1 aromatic rings. The molecule has 1 unspecified atom stereocenters. The van der Waals surface area contributed by atoms with Crippen molar-refractivity contribution >= 4 is 0 Å². The Morgan fingerprint density at radius 1 is 1.36 bits per heavy atom. The van der Waals surface area contributed by atoms with Crippen LogP contribution < -0.4 is 5.32 Å². The van der Waals surface area contributed by atoms with Gasteiger partial charge in [-0.25, -0.2) is 8.78 Å². The van der Waals surface area contributed by atoms with E-state index in [-0.39, 0.29) is 11.5 Å². The van der Waals surface area contributed by atoms with Crippen LogP contribution in [0.15, 0.2) is 18.2 Å². The quantitative estimate of drug-likeness (QED) is 0.729. The first kappa shape index (κ1) is 9.59. The van der Waals surface area contributed by atoms with Crippen molar-refractivity contribution in [2.24, 2.45) is 0 Å². The molecule has 1 saturated heterocycles. The Bertz CT molecular complexity index is 360. The average Bonchev–Trinajstić information content (AvgIpc) is 2.08. The van der Waals surface area contributed by atoms with Gasteiger partial charge in [-0.15, -0.1) is 0 Å². The van der Waals surface area contributed by atoms with Crippen LogP contribution in [0.4, 0.5) is 8.78 Å². The zero-order valence-corrected chi connectivity index (χ0v) is 8.27. The highest BCUT2D eigenvalue weighted by molar-refractivity contribution is 5.29. The summed E-state index contributed by atoms with van der Waals surface area (Å²) in [5, 5.41) is 3.21. The maximum Gasteiger partial charge on any atom is 0.129 e. The van der Waals surface area contributed by atoms with E-state index in [9.17, 15) is 8.78 Å². The van der Waals surface area contributed by atoms with Gasteiger partial charge < -0.3 is 5.32 Å². The summed E-state index contributed by atoms with van der Waals surface area (Å²) in [6.07, 6.45) is 0. The van der Waals surface area contributed by atoms with E-state index in [4.69, 9.17) is 0 Å². The Kier molecular flexibility index (Phi) is 2.07. The summed E-state index contributed by atoms with van der Waals surface area (Å²) in [7, 11) is 0. The van der Waals surface area contributed by atoms with E-state index in [1.165, 1.54) is 12.1 Å². The van der Waals surface area contributed by atoms with E-state index in [1.807, 2.05) is 13.8 Å². The molecule has 1 fully saturated rings. The van der Waals surface area contributed by atoms with E-state index >= 15 is 0 Å². The largest absolute Gasteiger partial charge is 0.310 e. The Hall–Kier alpha value is -0.960. The molecule has 0 spiro atoms. The molecule has 0 aromatic heterocycles. The fraction of sp³-hybridized carbons (Fsp3) is 0.455. The van der Waals surface area contributed by atoms with Gasteiger partial charge in [-0.05, 0) is 25.5 Å². The fourth-order valence-corrected chi connectivity index (χ4v) is 1.90. The standard InChI is InChI=1S/C11H13F2N/c1-11(2)9(6-14-11)8-4-3-7(12)5-10(8)13/h3-5,9,14H,6H2,1-2H3. The molecule has 1 aliphatic heterocycles. The lowest BCUT2D eigenvalue weighted by Gasteiger charge is -2.46. The van der Waals surface area contributed by atoms with Gasteiger partial charge in [0.05, 0.1) is 0 Å². The number of nitrogens with one attached hydrogen (secondary N) is 1. The van der Waals surface area contributed by atoms with Gasteiger partial charge in [0.1, 0.15) is 11.6 Å². The van der Waals surface area contributed by atoms with Crippen molar-refractivity contribution in [3.63, 3.8) is 0 Å². The van der Waals surface area contributed by atoms with Gasteiger partial charge in [-0.1, -0.05) is 6.07 Å². The first-order valence-corrected chi connectivity index (χ1v) is 4.71. The SMILES string of the molecule is CC1(C)NCC1c1ccc(F)cc1F. The van der Waals surface area contributed by atoms with Gasteiger partial charge in [0.15, 0.2) is 0 Å². The summed E-state index contributed by atoms with van der Waals surface area (Å²) in [6, 6.07) is 3.80. The number of rotatable bonds is 1. The lowest BCUT2D eigenvalue weighted by Crippen LogP contribution is -2.59. The van der Waals surface area contributed by atoms with Gasteiger partial charge >= 0.3 is 0 Å². The summed E-state index contributed by atoms with van der Waals surface area (Å²) < 4.78 is 26.1. The summed E-state index contributed by atoms with van der Waals surface area (Å²) >= 11 is 0. The first-order valence-electron chi connectivity index (χ1n) is 4.71. The van der Waals surface area contributed by atoms with Crippen molar-refractivity contribution in [3.05, 3.63) is 35.4 Å². The Morgan fingerprint density at radius 3 is 2.50 bits per heavy atom. The summed E-state index contributed by atoms with van der Waals surface area (Å²) in [4.78, 5) is 0. The van der Waals surface area contributed by atoms with Crippen LogP contribution in [0.3, 0.4) is 0 Å². The van der Waals surface area contributed by atoms with Gasteiger partial charge in [-0.3, -0.25) is 0 Å². The predicted octanol–water partition coefficient (Wildman–Crippen LogP) is 2.43. The van der Waals surface area contributed by atoms with E-state index in [1.54, 1.807) is 0 Å². The van der Waals surface area contributed by atoms with Crippen molar-refractivity contribution in [3.8, 4) is 0 Å². The second kappa shape index (κ2) is 3.02. The molecule has 3 heteroatoms. The van der Waals surface area contributed by atoms with Crippen molar-refractivity contribution in [1.82, 2.24) is 5.32 Å². The maximum absolute atomic E-state index is 13.4. The molecule has 76 valence electrons. The Balaban J connectivity index is 2.33. The molecule has 1 aromatic carbocycles. The van der Waals surface area contributed by atoms with Crippen LogP contribution in [0.2, 0.25) is 0 Å². The van der Waals surface area contributed by atoms with Crippen LogP contribution in [-0.4, -0.2) is 12.1 Å². The van der Waals surface area contributed by atoms with Crippen LogP contribution in [0, 0.1) is 11.6 Å². The minimum atomic E-state index is -0.517. The maximum atomic E-state index is 13.4. The predicted molar refractivity (Wildman–Crippen MR) is 51.2 cm³/mol. The Labute approximate surface area is 82.1 Å². The third-order valence-corrected chi connectivity index (χ3v) is 2.97. The lowest BCUT2D eigenvalue weighted by molar-refractivity contribution is 0.203. The highest BCUT2D eigenvalue weighted by Gasteiger charge is 2.40. The summed E-state index contributed by atoms with van der Waals surface area (Å²) in [5.74, 6) is -0.816. The number of hydrogen-bond acceptors (Lipinski definition) is 1. The molecule has 0 bridgehead atoms. The van der Waals surface area contributed by atoms with Gasteiger partial charge in [0.2, 0.25) is 0 Å². The zero-order valence-electron chi connectivity index (χ0n) is 8.27. The van der Waals surface area contributed by atoms with Crippen molar-refractivity contribution in [1.29, 1.82) is 0 Å². The highest BCUT2D eigenvalue weighted by atomic mass is 19.1. The van der Waals surface area contributed by atoms with Crippen molar-refractivity contribution < 1.29 is 8.78 Å². The number of hydrogen-bond donors (Lipinski definition) is 1. The molecule has 1 nitrogen and oxygen atoms in total. The van der Waals surface area contributed by atoms with Crippen LogP contribution in [0.1, 0.15) is 25.3 Å². The van der Waals surface area contributed by atoms with Gasteiger partial charge in [-0.2, -0.15) is 0 Å². The molecule has 1 aliphatic rings. The van der Waals surface area contributed by atoms with Crippen molar-refractivity contribution in [2.75, 3.05) is 6.54 Å². The molecular weight excluding hydrogens is 184 g/mol. The second-order valence-corrected chi connectivity index (χ2v) is 4.32. The molecular formula is C11H13F2N. The fourth-order valence-electron chi connectivity index (χ4n) is 1.90. The summed E-state index contributed by atoms with van der Waals surface area (Å²) in [5.41, 5.74) is 0.522. The van der Waals surface area contributed by atoms with E-state index in [0.717, 1.165) is 12.6 Å². The second-order valence-electron chi connectivity index (χ2n) is 4.32. The van der Waals surface area contributed by atoms with Crippen molar-refractivity contribution in [2.45, 2.75) is 25.3 Å². The van der Waals surface area contributed by atoms with E-state index in [0.29, 0.717) is 5.56 Å². The van der Waals surface area contributed by atoms with E-state index in [2.05, 4.69) is 5.32 Å². The van der Waals surface area contributed by atoms with Crippen LogP contribution >= 0.6 is 0 Å². The molecule has 14 heavy (non-hydrogen) atoms.